The van der Waals surface area contributed by atoms with Gasteiger partial charge in [0.15, 0.2) is 0 Å². The molecule has 1 aliphatic rings. The molecule has 3 aromatic rings. The number of carbonyl (C=O) groups is 1. The number of pyridine rings is 2. The van der Waals surface area contributed by atoms with Gasteiger partial charge in [-0.2, -0.15) is 0 Å². The molecule has 3 heterocycles. The minimum atomic E-state index is -0.0904. The average Bonchev–Trinajstić information content (AvgIpc) is 2.78. The second-order valence-electron chi connectivity index (χ2n) is 7.92. The Morgan fingerprint density at radius 2 is 2.06 bits per heavy atom. The van der Waals surface area contributed by atoms with Crippen molar-refractivity contribution in [3.05, 3.63) is 82.8 Å². The van der Waals surface area contributed by atoms with Gasteiger partial charge in [-0.3, -0.25) is 4.98 Å². The molecule has 7 heteroatoms. The summed E-state index contributed by atoms with van der Waals surface area (Å²) in [5.41, 5.74) is 4.00. The number of hydrogen-bond donors (Lipinski definition) is 1. The summed E-state index contributed by atoms with van der Waals surface area (Å²) >= 11 is 5.88. The van der Waals surface area contributed by atoms with Gasteiger partial charge >= 0.3 is 6.03 Å². The highest BCUT2D eigenvalue weighted by Gasteiger charge is 2.24. The number of rotatable bonds is 4. The fourth-order valence-corrected chi connectivity index (χ4v) is 3.73. The number of likely N-dealkylation sites (tertiary alicyclic amines) is 1. The van der Waals surface area contributed by atoms with Crippen molar-refractivity contribution >= 4 is 29.4 Å². The Balaban J connectivity index is 1.38. The van der Waals surface area contributed by atoms with E-state index in [4.69, 9.17) is 16.3 Å². The van der Waals surface area contributed by atoms with Gasteiger partial charge in [0.1, 0.15) is 5.75 Å². The van der Waals surface area contributed by atoms with Crippen LogP contribution < -0.4 is 10.1 Å². The van der Waals surface area contributed by atoms with Crippen LogP contribution in [0.15, 0.2) is 66.5 Å². The third-order valence-corrected chi connectivity index (χ3v) is 5.60. The molecule has 2 aromatic heterocycles. The first-order valence-corrected chi connectivity index (χ1v) is 10.9. The third-order valence-electron chi connectivity index (χ3n) is 5.38. The van der Waals surface area contributed by atoms with E-state index in [1.54, 1.807) is 24.5 Å². The van der Waals surface area contributed by atoms with Crippen LogP contribution in [0.25, 0.3) is 6.08 Å². The summed E-state index contributed by atoms with van der Waals surface area (Å²) in [6.45, 7) is 5.41. The first kappa shape index (κ1) is 21.8. The molecule has 0 radical (unpaired) electrons. The fraction of sp³-hybridized carbons (Fsp3) is 0.240. The highest BCUT2D eigenvalue weighted by Crippen LogP contribution is 2.27. The first-order valence-electron chi connectivity index (χ1n) is 10.5. The SMILES string of the molecule is Cc1ccc(NC(=O)N2CCC(=Cc3cccc(Oc4ccc(Cl)cn4)c3)C(C)C2)cn1. The van der Waals surface area contributed by atoms with Crippen LogP contribution >= 0.6 is 11.6 Å². The highest BCUT2D eigenvalue weighted by atomic mass is 35.5. The van der Waals surface area contributed by atoms with Crippen LogP contribution in [-0.2, 0) is 0 Å². The number of nitrogens with one attached hydrogen (secondary N) is 1. The van der Waals surface area contributed by atoms with Crippen LogP contribution in [0.3, 0.4) is 0 Å². The molecule has 1 aromatic carbocycles. The Kier molecular flexibility index (Phi) is 6.71. The van der Waals surface area contributed by atoms with Crippen molar-refractivity contribution in [2.45, 2.75) is 20.3 Å². The normalized spacial score (nSPS) is 17.3. The van der Waals surface area contributed by atoms with Gasteiger partial charge in [-0.1, -0.05) is 42.3 Å². The molecule has 1 saturated heterocycles. The van der Waals surface area contributed by atoms with Crippen LogP contribution in [0.4, 0.5) is 10.5 Å². The molecule has 6 nitrogen and oxygen atoms in total. The molecule has 1 N–H and O–H groups in total. The Labute approximate surface area is 192 Å². The largest absolute Gasteiger partial charge is 0.439 e. The summed E-state index contributed by atoms with van der Waals surface area (Å²) in [5, 5.41) is 3.50. The van der Waals surface area contributed by atoms with Crippen molar-refractivity contribution in [2.75, 3.05) is 18.4 Å². The van der Waals surface area contributed by atoms with Gasteiger partial charge in [0.25, 0.3) is 0 Å². The van der Waals surface area contributed by atoms with Crippen molar-refractivity contribution in [1.82, 2.24) is 14.9 Å². The van der Waals surface area contributed by atoms with Gasteiger partial charge in [-0.25, -0.2) is 9.78 Å². The van der Waals surface area contributed by atoms with Gasteiger partial charge in [-0.05, 0) is 55.2 Å². The second kappa shape index (κ2) is 9.83. The Morgan fingerprint density at radius 3 is 2.78 bits per heavy atom. The zero-order valence-corrected chi connectivity index (χ0v) is 18.8. The van der Waals surface area contributed by atoms with Gasteiger partial charge in [0, 0.05) is 31.0 Å². The first-order chi connectivity index (χ1) is 15.5. The number of halogens is 1. The molecule has 0 spiro atoms. The monoisotopic (exact) mass is 448 g/mol. The molecule has 1 atom stereocenters. The lowest BCUT2D eigenvalue weighted by atomic mass is 9.91. The number of benzene rings is 1. The molecule has 4 rings (SSSR count). The summed E-state index contributed by atoms with van der Waals surface area (Å²) in [5.74, 6) is 1.47. The van der Waals surface area contributed by atoms with Gasteiger partial charge in [0.05, 0.1) is 16.9 Å². The second-order valence-corrected chi connectivity index (χ2v) is 8.36. The number of amides is 2. The molecule has 0 saturated carbocycles. The van der Waals surface area contributed by atoms with Crippen molar-refractivity contribution in [3.63, 3.8) is 0 Å². The van der Waals surface area contributed by atoms with Gasteiger partial charge in [-0.15, -0.1) is 0 Å². The molecule has 2 amide bonds. The summed E-state index contributed by atoms with van der Waals surface area (Å²) < 4.78 is 5.84. The number of hydrogen-bond acceptors (Lipinski definition) is 4. The highest BCUT2D eigenvalue weighted by molar-refractivity contribution is 6.30. The van der Waals surface area contributed by atoms with Crippen LogP contribution in [0, 0.1) is 12.8 Å². The number of anilines is 1. The average molecular weight is 449 g/mol. The van der Waals surface area contributed by atoms with Gasteiger partial charge < -0.3 is 15.0 Å². The predicted molar refractivity (Wildman–Crippen MR) is 127 cm³/mol. The molecular formula is C25H25ClN4O2. The minimum absolute atomic E-state index is 0.0904. The maximum absolute atomic E-state index is 12.6. The molecule has 0 bridgehead atoms. The molecule has 164 valence electrons. The number of piperidine rings is 1. The number of nitrogens with zero attached hydrogens (tertiary/aromatic N) is 3. The molecular weight excluding hydrogens is 424 g/mol. The van der Waals surface area contributed by atoms with Crippen molar-refractivity contribution in [2.24, 2.45) is 5.92 Å². The molecule has 1 aliphatic heterocycles. The fourth-order valence-electron chi connectivity index (χ4n) is 3.62. The van der Waals surface area contributed by atoms with E-state index in [-0.39, 0.29) is 11.9 Å². The van der Waals surface area contributed by atoms with E-state index < -0.39 is 0 Å². The van der Waals surface area contributed by atoms with Crippen molar-refractivity contribution < 1.29 is 9.53 Å². The zero-order chi connectivity index (χ0) is 22.5. The van der Waals surface area contributed by atoms with Gasteiger partial charge in [0.2, 0.25) is 5.88 Å². The number of aromatic nitrogens is 2. The van der Waals surface area contributed by atoms with Crippen LogP contribution in [-0.4, -0.2) is 34.0 Å². The van der Waals surface area contributed by atoms with Crippen molar-refractivity contribution in [3.8, 4) is 11.6 Å². The van der Waals surface area contributed by atoms with Crippen LogP contribution in [0.5, 0.6) is 11.6 Å². The summed E-state index contributed by atoms with van der Waals surface area (Å²) in [4.78, 5) is 22.9. The standard InChI is InChI=1S/C25H25ClN4O2/c1-17-16-30(25(31)29-22-8-6-18(2)27-15-22)11-10-20(17)12-19-4-3-5-23(13-19)32-24-9-7-21(26)14-28-24/h3-9,12-15,17H,10-11,16H2,1-2H3,(H,29,31). The summed E-state index contributed by atoms with van der Waals surface area (Å²) in [7, 11) is 0. The van der Waals surface area contributed by atoms with Crippen LogP contribution in [0.2, 0.25) is 5.02 Å². The third kappa shape index (κ3) is 5.65. The smallest absolute Gasteiger partial charge is 0.321 e. The molecule has 1 fully saturated rings. The number of urea groups is 1. The lowest BCUT2D eigenvalue weighted by Gasteiger charge is -2.33. The Morgan fingerprint density at radius 1 is 1.19 bits per heavy atom. The lowest BCUT2D eigenvalue weighted by molar-refractivity contribution is 0.198. The van der Waals surface area contributed by atoms with E-state index in [0.717, 1.165) is 17.7 Å². The summed E-state index contributed by atoms with van der Waals surface area (Å²) in [6, 6.07) is 15.0. The van der Waals surface area contributed by atoms with E-state index in [1.807, 2.05) is 48.2 Å². The topological polar surface area (TPSA) is 67.4 Å². The summed E-state index contributed by atoms with van der Waals surface area (Å²) in [6.07, 6.45) is 6.25. The predicted octanol–water partition coefficient (Wildman–Crippen LogP) is 6.19. The van der Waals surface area contributed by atoms with E-state index in [0.29, 0.717) is 35.4 Å². The number of ether oxygens (including phenoxy) is 1. The maximum atomic E-state index is 12.6. The van der Waals surface area contributed by atoms with E-state index >= 15 is 0 Å². The van der Waals surface area contributed by atoms with E-state index in [2.05, 4.69) is 28.3 Å². The number of carbonyl (C=O) groups excluding carboxylic acids is 1. The Hall–Kier alpha value is -3.38. The zero-order valence-electron chi connectivity index (χ0n) is 18.1. The maximum Gasteiger partial charge on any atom is 0.321 e. The van der Waals surface area contributed by atoms with Crippen LogP contribution in [0.1, 0.15) is 24.6 Å². The molecule has 32 heavy (non-hydrogen) atoms. The molecule has 0 aliphatic carbocycles. The van der Waals surface area contributed by atoms with E-state index in [9.17, 15) is 4.79 Å². The minimum Gasteiger partial charge on any atom is -0.439 e. The quantitative estimate of drug-likeness (QED) is 0.516. The van der Waals surface area contributed by atoms with E-state index in [1.165, 1.54) is 5.57 Å². The number of aryl methyl sites for hydroxylation is 1. The molecule has 1 unspecified atom stereocenters. The lowest BCUT2D eigenvalue weighted by Crippen LogP contribution is -2.42. The van der Waals surface area contributed by atoms with Crippen molar-refractivity contribution in [1.29, 1.82) is 0 Å². The Bertz CT molecular complexity index is 1110.